The molecule has 0 aromatic rings. The number of likely N-dealkylation sites (N-methyl/N-ethyl adjacent to an activating group) is 1. The minimum absolute atomic E-state index is 0.0310. The predicted octanol–water partition coefficient (Wildman–Crippen LogP) is 0.968. The van der Waals surface area contributed by atoms with E-state index in [1.165, 1.54) is 6.34 Å². The monoisotopic (exact) mass is 213 g/mol. The summed E-state index contributed by atoms with van der Waals surface area (Å²) in [7, 11) is 2.00. The number of aliphatic imine (C=N–C) groups is 1. The van der Waals surface area contributed by atoms with Gasteiger partial charge in [0.2, 0.25) is 0 Å². The van der Waals surface area contributed by atoms with Crippen molar-refractivity contribution in [1.82, 2.24) is 4.90 Å². The van der Waals surface area contributed by atoms with Gasteiger partial charge < -0.3 is 10.8 Å². The van der Waals surface area contributed by atoms with Crippen molar-refractivity contribution in [2.75, 3.05) is 13.7 Å². The van der Waals surface area contributed by atoms with E-state index >= 15 is 0 Å². The second-order valence-electron chi connectivity index (χ2n) is 3.48. The molecule has 0 amide bonds. The fourth-order valence-electron chi connectivity index (χ4n) is 1.61. The second kappa shape index (κ2) is 8.44. The highest BCUT2D eigenvalue weighted by atomic mass is 16.3. The van der Waals surface area contributed by atoms with E-state index in [0.717, 1.165) is 12.8 Å². The lowest BCUT2D eigenvalue weighted by molar-refractivity contribution is 0.159. The van der Waals surface area contributed by atoms with Gasteiger partial charge >= 0.3 is 0 Å². The maximum Gasteiger partial charge on any atom is 0.122 e. The second-order valence-corrected chi connectivity index (χ2v) is 3.48. The highest BCUT2D eigenvalue weighted by Gasteiger charge is 2.17. The number of nitrogens with zero attached hydrogens (tertiary/aromatic N) is 2. The maximum atomic E-state index is 8.95. The van der Waals surface area contributed by atoms with Gasteiger partial charge in [0, 0.05) is 12.6 Å². The molecule has 0 aromatic heterocycles. The molecule has 15 heavy (non-hydrogen) atoms. The van der Waals surface area contributed by atoms with E-state index in [2.05, 4.69) is 16.8 Å². The fraction of sp³-hybridized carbons (Fsp3) is 0.727. The van der Waals surface area contributed by atoms with Crippen LogP contribution >= 0.6 is 0 Å². The first-order chi connectivity index (χ1) is 7.21. The van der Waals surface area contributed by atoms with Gasteiger partial charge in [-0.05, 0) is 32.9 Å². The minimum Gasteiger partial charge on any atom is -0.396 e. The Labute approximate surface area is 92.5 Å². The van der Waals surface area contributed by atoms with Gasteiger partial charge in [0.15, 0.2) is 0 Å². The molecule has 4 heteroatoms. The Morgan fingerprint density at radius 3 is 2.60 bits per heavy atom. The number of nitrogens with two attached hydrogens (primary N) is 1. The van der Waals surface area contributed by atoms with Gasteiger partial charge in [-0.15, -0.1) is 0 Å². The number of rotatable bonds is 7. The van der Waals surface area contributed by atoms with Crippen molar-refractivity contribution in [2.24, 2.45) is 10.7 Å². The van der Waals surface area contributed by atoms with Crippen LogP contribution in [0.4, 0.5) is 0 Å². The van der Waals surface area contributed by atoms with E-state index in [-0.39, 0.29) is 12.8 Å². The van der Waals surface area contributed by atoms with Crippen molar-refractivity contribution in [3.63, 3.8) is 0 Å². The highest BCUT2D eigenvalue weighted by Crippen LogP contribution is 2.11. The molecule has 0 bridgehead atoms. The lowest BCUT2D eigenvalue weighted by Gasteiger charge is -2.30. The number of aliphatic hydroxyl groups is 1. The molecule has 2 atom stereocenters. The molecule has 4 nitrogen and oxygen atoms in total. The van der Waals surface area contributed by atoms with Crippen LogP contribution in [0.1, 0.15) is 26.7 Å². The standard InChI is InChI=1S/C11H23N3O/c1-4-6-11(13-9-12)14(3)10(5-2)7-8-15/h4,6,9-11,15H,5,7-8H2,1-3H3,(H2,12,13)/b6-4+. The van der Waals surface area contributed by atoms with E-state index in [9.17, 15) is 0 Å². The summed E-state index contributed by atoms with van der Waals surface area (Å²) in [5.41, 5.74) is 5.31. The van der Waals surface area contributed by atoms with Gasteiger partial charge in [-0.3, -0.25) is 9.89 Å². The summed E-state index contributed by atoms with van der Waals surface area (Å²) in [5, 5.41) is 8.95. The lowest BCUT2D eigenvalue weighted by atomic mass is 10.1. The molecule has 0 saturated heterocycles. The lowest BCUT2D eigenvalue weighted by Crippen LogP contribution is -2.38. The van der Waals surface area contributed by atoms with Crippen LogP contribution in [-0.2, 0) is 0 Å². The number of hydrogen-bond acceptors (Lipinski definition) is 3. The van der Waals surface area contributed by atoms with Crippen LogP contribution in [0, 0.1) is 0 Å². The smallest absolute Gasteiger partial charge is 0.122 e. The molecule has 0 rings (SSSR count). The average Bonchev–Trinajstić information content (AvgIpc) is 2.24. The molecular weight excluding hydrogens is 190 g/mol. The van der Waals surface area contributed by atoms with Gasteiger partial charge in [-0.2, -0.15) is 0 Å². The van der Waals surface area contributed by atoms with Gasteiger partial charge in [-0.1, -0.05) is 13.0 Å². The summed E-state index contributed by atoms with van der Waals surface area (Å²) in [4.78, 5) is 6.30. The summed E-state index contributed by atoms with van der Waals surface area (Å²) in [6, 6.07) is 0.333. The molecule has 0 fully saturated rings. The van der Waals surface area contributed by atoms with Crippen LogP contribution in [0.15, 0.2) is 17.1 Å². The molecule has 0 heterocycles. The summed E-state index contributed by atoms with van der Waals surface area (Å²) in [6.07, 6.45) is 7.00. The molecular formula is C11H23N3O. The molecule has 88 valence electrons. The van der Waals surface area contributed by atoms with Crippen LogP contribution in [0.5, 0.6) is 0 Å². The zero-order valence-electron chi connectivity index (χ0n) is 9.93. The molecule has 0 saturated carbocycles. The van der Waals surface area contributed by atoms with E-state index in [0.29, 0.717) is 6.04 Å². The first-order valence-corrected chi connectivity index (χ1v) is 5.40. The average molecular weight is 213 g/mol. The molecule has 0 radical (unpaired) electrons. The number of aliphatic hydroxyl groups excluding tert-OH is 1. The predicted molar refractivity (Wildman–Crippen MR) is 64.8 cm³/mol. The summed E-state index contributed by atoms with van der Waals surface area (Å²) in [5.74, 6) is 0. The Kier molecular flexibility index (Phi) is 7.95. The molecule has 3 N–H and O–H groups in total. The third kappa shape index (κ3) is 4.95. The zero-order chi connectivity index (χ0) is 11.7. The third-order valence-electron chi connectivity index (χ3n) is 2.53. The normalized spacial score (nSPS) is 16.6. The van der Waals surface area contributed by atoms with Gasteiger partial charge in [0.25, 0.3) is 0 Å². The molecule has 2 unspecified atom stereocenters. The van der Waals surface area contributed by atoms with Gasteiger partial charge in [0.1, 0.15) is 6.17 Å². The summed E-state index contributed by atoms with van der Waals surface area (Å²) >= 11 is 0. The van der Waals surface area contributed by atoms with Crippen molar-refractivity contribution < 1.29 is 5.11 Å². The molecule has 0 aliphatic heterocycles. The van der Waals surface area contributed by atoms with Gasteiger partial charge in [0.05, 0.1) is 6.34 Å². The highest BCUT2D eigenvalue weighted by molar-refractivity contribution is 5.51. The molecule has 0 aliphatic carbocycles. The van der Waals surface area contributed by atoms with E-state index in [1.54, 1.807) is 0 Å². The fourth-order valence-corrected chi connectivity index (χ4v) is 1.61. The number of allylic oxidation sites excluding steroid dienone is 1. The summed E-state index contributed by atoms with van der Waals surface area (Å²) in [6.45, 7) is 4.27. The van der Waals surface area contributed by atoms with E-state index < -0.39 is 0 Å². The SMILES string of the molecule is C/C=C/C(N=CN)N(C)C(CC)CCO. The molecule has 0 spiro atoms. The van der Waals surface area contributed by atoms with Crippen molar-refractivity contribution in [3.05, 3.63) is 12.2 Å². The van der Waals surface area contributed by atoms with Crippen molar-refractivity contribution in [1.29, 1.82) is 0 Å². The Morgan fingerprint density at radius 1 is 1.53 bits per heavy atom. The van der Waals surface area contributed by atoms with E-state index in [4.69, 9.17) is 10.8 Å². The van der Waals surface area contributed by atoms with Gasteiger partial charge in [-0.25, -0.2) is 0 Å². The van der Waals surface area contributed by atoms with Crippen molar-refractivity contribution in [2.45, 2.75) is 38.9 Å². The van der Waals surface area contributed by atoms with Crippen LogP contribution in [-0.4, -0.2) is 42.2 Å². The summed E-state index contributed by atoms with van der Waals surface area (Å²) < 4.78 is 0. The first-order valence-electron chi connectivity index (χ1n) is 5.40. The molecule has 0 aromatic carbocycles. The van der Waals surface area contributed by atoms with Crippen LogP contribution < -0.4 is 5.73 Å². The first kappa shape index (κ1) is 14.1. The van der Waals surface area contributed by atoms with Crippen LogP contribution in [0.25, 0.3) is 0 Å². The Morgan fingerprint density at radius 2 is 2.20 bits per heavy atom. The Bertz CT molecular complexity index is 192. The quantitative estimate of drug-likeness (QED) is 0.376. The van der Waals surface area contributed by atoms with E-state index in [1.807, 2.05) is 26.1 Å². The van der Waals surface area contributed by atoms with Crippen LogP contribution in [0.2, 0.25) is 0 Å². The maximum absolute atomic E-state index is 8.95. The number of hydrogen-bond donors (Lipinski definition) is 2. The van der Waals surface area contributed by atoms with Crippen LogP contribution in [0.3, 0.4) is 0 Å². The van der Waals surface area contributed by atoms with Crippen molar-refractivity contribution in [3.8, 4) is 0 Å². The third-order valence-corrected chi connectivity index (χ3v) is 2.53. The minimum atomic E-state index is -0.0310. The van der Waals surface area contributed by atoms with Crippen molar-refractivity contribution >= 4 is 6.34 Å². The Hall–Kier alpha value is -0.870. The zero-order valence-corrected chi connectivity index (χ0v) is 9.93. The molecule has 0 aliphatic rings. The largest absolute Gasteiger partial charge is 0.396 e. The Balaban J connectivity index is 4.50. The topological polar surface area (TPSA) is 61.8 Å².